The van der Waals surface area contributed by atoms with E-state index in [1.165, 1.54) is 0 Å². The summed E-state index contributed by atoms with van der Waals surface area (Å²) in [7, 11) is 0. The Morgan fingerprint density at radius 1 is 1.41 bits per heavy atom. The van der Waals surface area contributed by atoms with Crippen LogP contribution >= 0.6 is 34.8 Å². The Kier molecular flexibility index (Phi) is 5.31. The number of hydrogen-bond donors (Lipinski definition) is 2. The first-order valence-electron chi connectivity index (χ1n) is 5.11. The van der Waals surface area contributed by atoms with Gasteiger partial charge in [-0.15, -0.1) is 0 Å². The molecule has 1 aliphatic rings. The maximum Gasteiger partial charge on any atom is 0.307 e. The molecule has 0 aromatic carbocycles. The fraction of sp³-hybridized carbons (Fsp3) is 0.778. The summed E-state index contributed by atoms with van der Waals surface area (Å²) in [5.41, 5.74) is 0. The lowest BCUT2D eigenvalue weighted by Gasteiger charge is -2.30. The van der Waals surface area contributed by atoms with E-state index in [1.807, 2.05) is 4.90 Å². The molecular formula is C9H13Cl3N2O3. The molecule has 8 heteroatoms. The van der Waals surface area contributed by atoms with Crippen LogP contribution < -0.4 is 5.32 Å². The Balaban J connectivity index is 2.37. The van der Waals surface area contributed by atoms with Crippen LogP contribution in [0, 0.1) is 5.92 Å². The number of carboxylic acids is 1. The minimum Gasteiger partial charge on any atom is -0.481 e. The fourth-order valence-corrected chi connectivity index (χ4v) is 1.88. The van der Waals surface area contributed by atoms with E-state index in [2.05, 4.69) is 5.32 Å². The van der Waals surface area contributed by atoms with E-state index in [0.717, 1.165) is 13.0 Å². The topological polar surface area (TPSA) is 69.6 Å². The molecule has 5 nitrogen and oxygen atoms in total. The van der Waals surface area contributed by atoms with E-state index < -0.39 is 21.6 Å². The lowest BCUT2D eigenvalue weighted by Crippen LogP contribution is -2.47. The molecule has 0 radical (unpaired) electrons. The first-order valence-corrected chi connectivity index (χ1v) is 6.24. The van der Waals surface area contributed by atoms with Crippen LogP contribution in [0.5, 0.6) is 0 Å². The van der Waals surface area contributed by atoms with Crippen molar-refractivity contribution >= 4 is 46.7 Å². The summed E-state index contributed by atoms with van der Waals surface area (Å²) < 4.78 is -1.98. The zero-order valence-electron chi connectivity index (χ0n) is 8.96. The van der Waals surface area contributed by atoms with E-state index in [-0.39, 0.29) is 6.67 Å². The van der Waals surface area contributed by atoms with E-state index in [4.69, 9.17) is 39.9 Å². The minimum absolute atomic E-state index is 0.191. The van der Waals surface area contributed by atoms with Gasteiger partial charge in [-0.1, -0.05) is 34.8 Å². The number of nitrogens with zero attached hydrogens (tertiary/aromatic N) is 1. The predicted molar refractivity (Wildman–Crippen MR) is 65.2 cm³/mol. The van der Waals surface area contributed by atoms with Gasteiger partial charge in [0, 0.05) is 6.54 Å². The van der Waals surface area contributed by atoms with Crippen molar-refractivity contribution in [2.45, 2.75) is 16.6 Å². The van der Waals surface area contributed by atoms with Gasteiger partial charge in [0.1, 0.15) is 0 Å². The van der Waals surface area contributed by atoms with Crippen molar-refractivity contribution in [1.82, 2.24) is 10.2 Å². The van der Waals surface area contributed by atoms with Gasteiger partial charge in [0.05, 0.1) is 12.6 Å². The molecule has 1 unspecified atom stereocenters. The molecule has 1 saturated heterocycles. The van der Waals surface area contributed by atoms with Gasteiger partial charge < -0.3 is 10.4 Å². The number of amides is 1. The van der Waals surface area contributed by atoms with Gasteiger partial charge in [-0.25, -0.2) is 0 Å². The molecule has 0 aliphatic carbocycles. The van der Waals surface area contributed by atoms with Crippen molar-refractivity contribution in [3.05, 3.63) is 0 Å². The second kappa shape index (κ2) is 6.09. The third-order valence-corrected chi connectivity index (χ3v) is 3.09. The largest absolute Gasteiger partial charge is 0.481 e. The quantitative estimate of drug-likeness (QED) is 0.769. The highest BCUT2D eigenvalue weighted by atomic mass is 35.6. The molecule has 17 heavy (non-hydrogen) atoms. The number of hydrogen-bond acceptors (Lipinski definition) is 3. The molecule has 0 saturated carbocycles. The summed E-state index contributed by atoms with van der Waals surface area (Å²) in [6, 6.07) is 0. The average Bonchev–Trinajstić information content (AvgIpc) is 2.25. The lowest BCUT2D eigenvalue weighted by atomic mass is 9.99. The molecule has 1 fully saturated rings. The molecule has 1 amide bonds. The third kappa shape index (κ3) is 4.87. The van der Waals surface area contributed by atoms with Gasteiger partial charge in [-0.05, 0) is 19.4 Å². The van der Waals surface area contributed by atoms with E-state index in [0.29, 0.717) is 13.0 Å². The number of piperidine rings is 1. The Morgan fingerprint density at radius 3 is 2.59 bits per heavy atom. The summed E-state index contributed by atoms with van der Waals surface area (Å²) in [6.45, 7) is 1.32. The molecule has 0 bridgehead atoms. The Bertz CT molecular complexity index is 306. The summed E-state index contributed by atoms with van der Waals surface area (Å²) in [5.74, 6) is -1.92. The fourth-order valence-electron chi connectivity index (χ4n) is 1.68. The van der Waals surface area contributed by atoms with Crippen LogP contribution in [0.3, 0.4) is 0 Å². The SMILES string of the molecule is O=C(O)C1CCCN(CNC(=O)C(Cl)(Cl)Cl)C1. The zero-order valence-corrected chi connectivity index (χ0v) is 11.2. The number of likely N-dealkylation sites (tertiary alicyclic amines) is 1. The highest BCUT2D eigenvalue weighted by Gasteiger charge is 2.31. The molecule has 0 spiro atoms. The smallest absolute Gasteiger partial charge is 0.307 e. The summed E-state index contributed by atoms with van der Waals surface area (Å²) in [4.78, 5) is 23.9. The Morgan fingerprint density at radius 2 is 2.06 bits per heavy atom. The average molecular weight is 304 g/mol. The third-order valence-electron chi connectivity index (χ3n) is 2.58. The number of alkyl halides is 3. The highest BCUT2D eigenvalue weighted by molar-refractivity contribution is 6.76. The normalized spacial score (nSPS) is 22.2. The van der Waals surface area contributed by atoms with Crippen LogP contribution in [0.4, 0.5) is 0 Å². The van der Waals surface area contributed by atoms with E-state index in [1.54, 1.807) is 0 Å². The molecule has 98 valence electrons. The first-order chi connectivity index (χ1) is 7.80. The van der Waals surface area contributed by atoms with Crippen LogP contribution in [0.1, 0.15) is 12.8 Å². The maximum atomic E-state index is 11.3. The van der Waals surface area contributed by atoms with Crippen molar-refractivity contribution in [1.29, 1.82) is 0 Å². The molecular weight excluding hydrogens is 290 g/mol. The van der Waals surface area contributed by atoms with Crippen molar-refractivity contribution in [2.75, 3.05) is 19.8 Å². The number of carbonyl (C=O) groups excluding carboxylic acids is 1. The number of nitrogens with one attached hydrogen (secondary N) is 1. The molecule has 1 aliphatic heterocycles. The monoisotopic (exact) mass is 302 g/mol. The van der Waals surface area contributed by atoms with Crippen LogP contribution in [0.15, 0.2) is 0 Å². The summed E-state index contributed by atoms with van der Waals surface area (Å²) in [6.07, 6.45) is 1.44. The van der Waals surface area contributed by atoms with Crippen LogP contribution in [-0.4, -0.2) is 45.4 Å². The van der Waals surface area contributed by atoms with Crippen LogP contribution in [-0.2, 0) is 9.59 Å². The van der Waals surface area contributed by atoms with Gasteiger partial charge in [0.25, 0.3) is 9.70 Å². The number of carbonyl (C=O) groups is 2. The van der Waals surface area contributed by atoms with Gasteiger partial charge in [0.2, 0.25) is 0 Å². The summed E-state index contributed by atoms with van der Waals surface area (Å²) >= 11 is 16.2. The minimum atomic E-state index is -1.98. The number of aliphatic carboxylic acids is 1. The lowest BCUT2D eigenvalue weighted by molar-refractivity contribution is -0.143. The number of rotatable bonds is 3. The Labute approximate surface area is 114 Å². The van der Waals surface area contributed by atoms with Gasteiger partial charge >= 0.3 is 5.97 Å². The molecule has 1 rings (SSSR count). The number of halogens is 3. The predicted octanol–water partition coefficient (Wildman–Crippen LogP) is 1.23. The first kappa shape index (κ1) is 14.8. The zero-order chi connectivity index (χ0) is 13.1. The highest BCUT2D eigenvalue weighted by Crippen LogP contribution is 2.25. The standard InChI is InChI=1S/C9H13Cl3N2O3/c10-9(11,12)8(17)13-5-14-3-1-2-6(4-14)7(15)16/h6H,1-5H2,(H,13,17)(H,15,16). The molecule has 1 heterocycles. The van der Waals surface area contributed by atoms with E-state index >= 15 is 0 Å². The van der Waals surface area contributed by atoms with Gasteiger partial charge in [0.15, 0.2) is 0 Å². The maximum absolute atomic E-state index is 11.3. The number of carboxylic acid groups (broad SMARTS) is 1. The Hall–Kier alpha value is -0.230. The molecule has 0 aromatic heterocycles. The summed E-state index contributed by atoms with van der Waals surface area (Å²) in [5, 5.41) is 11.3. The molecule has 2 N–H and O–H groups in total. The second-order valence-electron chi connectivity index (χ2n) is 3.92. The second-order valence-corrected chi connectivity index (χ2v) is 6.20. The van der Waals surface area contributed by atoms with Gasteiger partial charge in [-0.2, -0.15) is 0 Å². The van der Waals surface area contributed by atoms with Gasteiger partial charge in [-0.3, -0.25) is 14.5 Å². The van der Waals surface area contributed by atoms with Crippen molar-refractivity contribution in [2.24, 2.45) is 5.92 Å². The molecule has 1 atom stereocenters. The van der Waals surface area contributed by atoms with E-state index in [9.17, 15) is 9.59 Å². The van der Waals surface area contributed by atoms with Crippen LogP contribution in [0.25, 0.3) is 0 Å². The van der Waals surface area contributed by atoms with Crippen LogP contribution in [0.2, 0.25) is 0 Å². The molecule has 0 aromatic rings. The van der Waals surface area contributed by atoms with Crippen molar-refractivity contribution in [3.8, 4) is 0 Å². The van der Waals surface area contributed by atoms with Crippen molar-refractivity contribution in [3.63, 3.8) is 0 Å². The van der Waals surface area contributed by atoms with Crippen molar-refractivity contribution < 1.29 is 14.7 Å².